The summed E-state index contributed by atoms with van der Waals surface area (Å²) in [5.74, 6) is 0.860. The van der Waals surface area contributed by atoms with Crippen LogP contribution in [0.1, 0.15) is 36.9 Å². The minimum absolute atomic E-state index is 0. The van der Waals surface area contributed by atoms with E-state index in [0.717, 1.165) is 75.5 Å². The third-order valence-electron chi connectivity index (χ3n) is 5.60. The van der Waals surface area contributed by atoms with E-state index in [4.69, 9.17) is 0 Å². The van der Waals surface area contributed by atoms with E-state index in [1.807, 2.05) is 37.5 Å². The van der Waals surface area contributed by atoms with Crippen LogP contribution in [-0.2, 0) is 13.0 Å². The molecule has 1 aromatic carbocycles. The zero-order valence-electron chi connectivity index (χ0n) is 18.6. The van der Waals surface area contributed by atoms with Gasteiger partial charge in [0.1, 0.15) is 0 Å². The summed E-state index contributed by atoms with van der Waals surface area (Å²) in [6.07, 6.45) is 6.99. The summed E-state index contributed by atoms with van der Waals surface area (Å²) in [4.78, 5) is 21.6. The van der Waals surface area contributed by atoms with Crippen LogP contribution in [0, 0.1) is 10.1 Å². The number of hydrogen-bond acceptors (Lipinski definition) is 5. The fraction of sp³-hybridized carbons (Fsp3) is 0.478. The highest BCUT2D eigenvalue weighted by atomic mass is 127. The molecule has 1 aliphatic heterocycles. The molecule has 0 atom stereocenters. The van der Waals surface area contributed by atoms with Gasteiger partial charge in [-0.1, -0.05) is 18.2 Å². The highest BCUT2D eigenvalue weighted by Crippen LogP contribution is 2.14. The number of rotatable bonds is 9. The topological polar surface area (TPSA) is 95.7 Å². The summed E-state index contributed by atoms with van der Waals surface area (Å²) in [6.45, 7) is 3.88. The number of nitro groups is 1. The minimum atomic E-state index is -0.364. The van der Waals surface area contributed by atoms with Crippen LogP contribution in [0.2, 0.25) is 0 Å². The molecule has 32 heavy (non-hydrogen) atoms. The molecule has 2 aromatic rings. The lowest BCUT2D eigenvalue weighted by atomic mass is 10.0. The number of guanidine groups is 1. The van der Waals surface area contributed by atoms with Gasteiger partial charge >= 0.3 is 0 Å². The van der Waals surface area contributed by atoms with Crippen molar-refractivity contribution in [3.63, 3.8) is 0 Å². The van der Waals surface area contributed by atoms with Gasteiger partial charge in [-0.15, -0.1) is 24.0 Å². The number of aliphatic imine (C=N–C) groups is 1. The van der Waals surface area contributed by atoms with Crippen LogP contribution in [0.5, 0.6) is 0 Å². The molecule has 0 unspecified atom stereocenters. The number of benzene rings is 1. The maximum Gasteiger partial charge on any atom is 0.269 e. The maximum atomic E-state index is 10.7. The number of halogens is 1. The molecule has 0 amide bonds. The number of pyridine rings is 1. The lowest BCUT2D eigenvalue weighted by Crippen LogP contribution is -2.48. The van der Waals surface area contributed by atoms with Gasteiger partial charge in [0.05, 0.1) is 10.6 Å². The molecule has 174 valence electrons. The number of aryl methyl sites for hydroxylation is 1. The second kappa shape index (κ2) is 14.0. The molecule has 1 aromatic heterocycles. The van der Waals surface area contributed by atoms with Crippen molar-refractivity contribution in [1.29, 1.82) is 0 Å². The first kappa shape index (κ1) is 26.0. The van der Waals surface area contributed by atoms with Crippen molar-refractivity contribution < 1.29 is 4.92 Å². The van der Waals surface area contributed by atoms with Crippen molar-refractivity contribution in [1.82, 2.24) is 20.5 Å². The molecule has 1 saturated heterocycles. The van der Waals surface area contributed by atoms with Gasteiger partial charge in [0, 0.05) is 57.6 Å². The fourth-order valence-corrected chi connectivity index (χ4v) is 3.79. The van der Waals surface area contributed by atoms with E-state index in [1.165, 1.54) is 0 Å². The molecule has 0 spiro atoms. The highest BCUT2D eigenvalue weighted by Gasteiger charge is 2.20. The summed E-state index contributed by atoms with van der Waals surface area (Å²) in [7, 11) is 1.81. The molecular formula is C23H33IN6O2. The maximum absolute atomic E-state index is 10.7. The first-order chi connectivity index (χ1) is 15.1. The van der Waals surface area contributed by atoms with Crippen molar-refractivity contribution in [3.8, 4) is 0 Å². The van der Waals surface area contributed by atoms with Gasteiger partial charge in [0.2, 0.25) is 0 Å². The molecule has 0 saturated carbocycles. The van der Waals surface area contributed by atoms with Gasteiger partial charge in [-0.25, -0.2) is 0 Å². The molecule has 9 heteroatoms. The van der Waals surface area contributed by atoms with Crippen LogP contribution in [0.15, 0.2) is 53.7 Å². The SMILES string of the molecule is CN=C(NCCCCc1ccc([N+](=O)[O-])cc1)NC1CCN(Cc2ccccn2)CC1.I. The molecule has 0 bridgehead atoms. The van der Waals surface area contributed by atoms with Crippen molar-refractivity contribution in [2.45, 2.75) is 44.7 Å². The third kappa shape index (κ3) is 8.70. The second-order valence-electron chi connectivity index (χ2n) is 7.90. The van der Waals surface area contributed by atoms with Crippen LogP contribution in [0.4, 0.5) is 5.69 Å². The van der Waals surface area contributed by atoms with Crippen LogP contribution >= 0.6 is 24.0 Å². The Morgan fingerprint density at radius 2 is 1.94 bits per heavy atom. The van der Waals surface area contributed by atoms with Gasteiger partial charge in [-0.05, 0) is 49.8 Å². The normalized spacial score (nSPS) is 15.1. The Morgan fingerprint density at radius 3 is 2.56 bits per heavy atom. The number of nitrogens with one attached hydrogen (secondary N) is 2. The number of unbranched alkanes of at least 4 members (excludes halogenated alkanes) is 1. The van der Waals surface area contributed by atoms with Crippen molar-refractivity contribution in [2.24, 2.45) is 4.99 Å². The standard InChI is InChI=1S/C23H32N6O2.HI/c1-24-23(26-15-4-2-6-19-8-10-22(11-9-19)29(30)31)27-20-12-16-28(17-13-20)18-21-7-3-5-14-25-21;/h3,5,7-11,14,20H,2,4,6,12-13,15-18H2,1H3,(H2,24,26,27);1H. The van der Waals surface area contributed by atoms with E-state index in [-0.39, 0.29) is 34.6 Å². The van der Waals surface area contributed by atoms with Gasteiger partial charge in [-0.2, -0.15) is 0 Å². The minimum Gasteiger partial charge on any atom is -0.356 e. The largest absolute Gasteiger partial charge is 0.356 e. The lowest BCUT2D eigenvalue weighted by Gasteiger charge is -2.32. The Balaban J connectivity index is 0.00000363. The van der Waals surface area contributed by atoms with Gasteiger partial charge < -0.3 is 10.6 Å². The van der Waals surface area contributed by atoms with E-state index in [0.29, 0.717) is 6.04 Å². The number of piperidine rings is 1. The Kier molecular flexibility index (Phi) is 11.4. The van der Waals surface area contributed by atoms with Gasteiger partial charge in [0.25, 0.3) is 5.69 Å². The monoisotopic (exact) mass is 552 g/mol. The summed E-state index contributed by atoms with van der Waals surface area (Å²) < 4.78 is 0. The second-order valence-corrected chi connectivity index (χ2v) is 7.90. The Labute approximate surface area is 207 Å². The van der Waals surface area contributed by atoms with Crippen molar-refractivity contribution >= 4 is 35.6 Å². The number of nitro benzene ring substituents is 1. The average molecular weight is 552 g/mol. The summed E-state index contributed by atoms with van der Waals surface area (Å²) in [6, 6.07) is 13.3. The smallest absolute Gasteiger partial charge is 0.269 e. The average Bonchev–Trinajstić information content (AvgIpc) is 2.80. The molecule has 1 fully saturated rings. The van der Waals surface area contributed by atoms with Crippen LogP contribution in [0.25, 0.3) is 0 Å². The van der Waals surface area contributed by atoms with E-state index in [9.17, 15) is 10.1 Å². The Bertz CT molecular complexity index is 839. The van der Waals surface area contributed by atoms with Crippen LogP contribution < -0.4 is 10.6 Å². The number of non-ortho nitro benzene ring substituents is 1. The molecule has 3 rings (SSSR count). The van der Waals surface area contributed by atoms with Crippen LogP contribution in [-0.4, -0.2) is 53.5 Å². The highest BCUT2D eigenvalue weighted by molar-refractivity contribution is 14.0. The Hall–Kier alpha value is -2.27. The fourth-order valence-electron chi connectivity index (χ4n) is 3.79. The van der Waals surface area contributed by atoms with Gasteiger partial charge in [-0.3, -0.25) is 25.0 Å². The molecule has 1 aliphatic rings. The first-order valence-electron chi connectivity index (χ1n) is 11.0. The van der Waals surface area contributed by atoms with Gasteiger partial charge in [0.15, 0.2) is 5.96 Å². The summed E-state index contributed by atoms with van der Waals surface area (Å²) in [5.41, 5.74) is 2.40. The Morgan fingerprint density at radius 1 is 1.19 bits per heavy atom. The van der Waals surface area contributed by atoms with Crippen molar-refractivity contribution in [2.75, 3.05) is 26.7 Å². The molecule has 0 radical (unpaired) electrons. The van der Waals surface area contributed by atoms with E-state index < -0.39 is 0 Å². The van der Waals surface area contributed by atoms with E-state index in [1.54, 1.807) is 12.1 Å². The molecule has 2 N–H and O–H groups in total. The zero-order valence-corrected chi connectivity index (χ0v) is 20.9. The number of aromatic nitrogens is 1. The quantitative estimate of drug-likeness (QED) is 0.123. The molecule has 8 nitrogen and oxygen atoms in total. The lowest BCUT2D eigenvalue weighted by molar-refractivity contribution is -0.384. The third-order valence-corrected chi connectivity index (χ3v) is 5.60. The van der Waals surface area contributed by atoms with Crippen LogP contribution in [0.3, 0.4) is 0 Å². The number of hydrogen-bond donors (Lipinski definition) is 2. The van der Waals surface area contributed by atoms with E-state index in [2.05, 4.69) is 31.6 Å². The predicted octanol–water partition coefficient (Wildman–Crippen LogP) is 3.76. The molecule has 0 aliphatic carbocycles. The summed E-state index contributed by atoms with van der Waals surface area (Å²) >= 11 is 0. The first-order valence-corrected chi connectivity index (χ1v) is 11.0. The van der Waals surface area contributed by atoms with E-state index >= 15 is 0 Å². The molecular weight excluding hydrogens is 519 g/mol. The predicted molar refractivity (Wildman–Crippen MR) is 138 cm³/mol. The number of nitrogens with zero attached hydrogens (tertiary/aromatic N) is 4. The van der Waals surface area contributed by atoms with Crippen molar-refractivity contribution in [3.05, 3.63) is 70.0 Å². The number of likely N-dealkylation sites (tertiary alicyclic amines) is 1. The molecule has 2 heterocycles. The summed E-state index contributed by atoms with van der Waals surface area (Å²) in [5, 5.41) is 17.7. The zero-order chi connectivity index (χ0) is 21.9.